The van der Waals surface area contributed by atoms with Crippen molar-refractivity contribution in [3.05, 3.63) is 48.5 Å². The summed E-state index contributed by atoms with van der Waals surface area (Å²) in [5, 5.41) is 2.41. The molecule has 0 aliphatic carbocycles. The smallest absolute Gasteiger partial charge is 0.479 e. The van der Waals surface area contributed by atoms with E-state index in [1.54, 1.807) is 30.3 Å². The number of amides is 1. The summed E-state index contributed by atoms with van der Waals surface area (Å²) in [4.78, 5) is 23.8. The van der Waals surface area contributed by atoms with E-state index in [2.05, 4.69) is 14.8 Å². The van der Waals surface area contributed by atoms with Crippen LogP contribution in [0.3, 0.4) is 0 Å². The van der Waals surface area contributed by atoms with Crippen molar-refractivity contribution in [1.82, 2.24) is 0 Å². The Morgan fingerprint density at radius 3 is 2.56 bits per heavy atom. The predicted molar refractivity (Wildman–Crippen MR) is 88.8 cm³/mol. The van der Waals surface area contributed by atoms with E-state index in [1.807, 2.05) is 0 Å². The van der Waals surface area contributed by atoms with Gasteiger partial charge in [-0.1, -0.05) is 18.2 Å². The lowest BCUT2D eigenvalue weighted by Gasteiger charge is -2.13. The Labute approximate surface area is 152 Å². The number of halogens is 2. The minimum Gasteiger partial charge on any atom is -0.479 e. The number of nitrogens with one attached hydrogen (secondary N) is 1. The molecule has 9 heteroatoms. The number of anilines is 1. The molecule has 1 N–H and O–H groups in total. The SMILES string of the molecule is CC(Oc1ccccc1)C(=O)OCC(=O)Nc1ccc2c(c1)OC(F)(F)O2. The van der Waals surface area contributed by atoms with Crippen molar-refractivity contribution in [2.45, 2.75) is 19.3 Å². The van der Waals surface area contributed by atoms with Crippen LogP contribution in [0.1, 0.15) is 6.92 Å². The van der Waals surface area contributed by atoms with Gasteiger partial charge in [-0.15, -0.1) is 8.78 Å². The molecule has 1 amide bonds. The molecule has 142 valence electrons. The Morgan fingerprint density at radius 2 is 1.81 bits per heavy atom. The summed E-state index contributed by atoms with van der Waals surface area (Å²) in [7, 11) is 0. The second-order valence-corrected chi connectivity index (χ2v) is 5.56. The molecule has 0 saturated heterocycles. The standard InChI is InChI=1S/C18H15F2NO6/c1-11(25-13-5-3-2-4-6-13)17(23)24-10-16(22)21-12-7-8-14-15(9-12)27-18(19,20)26-14/h2-9,11H,10H2,1H3,(H,21,22). The lowest BCUT2D eigenvalue weighted by molar-refractivity contribution is -0.286. The number of esters is 1. The molecule has 1 unspecified atom stereocenters. The van der Waals surface area contributed by atoms with E-state index in [0.717, 1.165) is 0 Å². The number of hydrogen-bond donors (Lipinski definition) is 1. The highest BCUT2D eigenvalue weighted by Gasteiger charge is 2.43. The first kappa shape index (κ1) is 18.4. The molecule has 0 bridgehead atoms. The van der Waals surface area contributed by atoms with E-state index in [0.29, 0.717) is 5.75 Å². The minimum absolute atomic E-state index is 0.142. The van der Waals surface area contributed by atoms with Gasteiger partial charge in [0.2, 0.25) is 0 Å². The van der Waals surface area contributed by atoms with Crippen LogP contribution in [0.25, 0.3) is 0 Å². The van der Waals surface area contributed by atoms with Crippen LogP contribution in [0, 0.1) is 0 Å². The summed E-state index contributed by atoms with van der Waals surface area (Å²) in [5.41, 5.74) is 0.185. The molecule has 1 aliphatic heterocycles. The summed E-state index contributed by atoms with van der Waals surface area (Å²) >= 11 is 0. The Balaban J connectivity index is 1.48. The minimum atomic E-state index is -3.74. The summed E-state index contributed by atoms with van der Waals surface area (Å²) in [6.45, 7) is 0.928. The fraction of sp³-hybridized carbons (Fsp3) is 0.222. The van der Waals surface area contributed by atoms with Crippen molar-refractivity contribution in [3.8, 4) is 17.2 Å². The van der Waals surface area contributed by atoms with Crippen LogP contribution >= 0.6 is 0 Å². The van der Waals surface area contributed by atoms with Gasteiger partial charge < -0.3 is 24.3 Å². The first-order chi connectivity index (χ1) is 12.8. The maximum atomic E-state index is 13.0. The van der Waals surface area contributed by atoms with Crippen molar-refractivity contribution in [1.29, 1.82) is 0 Å². The third-order valence-electron chi connectivity index (χ3n) is 3.42. The van der Waals surface area contributed by atoms with Crippen molar-refractivity contribution in [3.63, 3.8) is 0 Å². The Bertz CT molecular complexity index is 843. The van der Waals surface area contributed by atoms with Crippen LogP contribution < -0.4 is 19.5 Å². The third-order valence-corrected chi connectivity index (χ3v) is 3.42. The van der Waals surface area contributed by atoms with Crippen molar-refractivity contribution >= 4 is 17.6 Å². The molecule has 1 heterocycles. The molecule has 3 rings (SSSR count). The zero-order valence-electron chi connectivity index (χ0n) is 14.1. The lowest BCUT2D eigenvalue weighted by Crippen LogP contribution is -2.29. The highest BCUT2D eigenvalue weighted by molar-refractivity contribution is 5.93. The summed E-state index contributed by atoms with van der Waals surface area (Å²) in [6.07, 6.45) is -4.65. The van der Waals surface area contributed by atoms with E-state index >= 15 is 0 Å². The van der Waals surface area contributed by atoms with Crippen molar-refractivity contribution in [2.75, 3.05) is 11.9 Å². The number of fused-ring (bicyclic) bond motifs is 1. The number of benzene rings is 2. The zero-order valence-corrected chi connectivity index (χ0v) is 14.1. The molecular weight excluding hydrogens is 364 g/mol. The van der Waals surface area contributed by atoms with E-state index in [9.17, 15) is 18.4 Å². The van der Waals surface area contributed by atoms with Gasteiger partial charge in [0.05, 0.1) is 0 Å². The molecular formula is C18H15F2NO6. The molecule has 7 nitrogen and oxygen atoms in total. The van der Waals surface area contributed by atoms with Crippen molar-refractivity contribution < 1.29 is 37.3 Å². The number of carbonyl (C=O) groups is 2. The van der Waals surface area contributed by atoms with Gasteiger partial charge >= 0.3 is 12.3 Å². The van der Waals surface area contributed by atoms with Gasteiger partial charge in [0, 0.05) is 11.8 Å². The fourth-order valence-corrected chi connectivity index (χ4v) is 2.23. The monoisotopic (exact) mass is 379 g/mol. The Hall–Kier alpha value is -3.36. The molecule has 0 saturated carbocycles. The molecule has 27 heavy (non-hydrogen) atoms. The third kappa shape index (κ3) is 4.84. The highest BCUT2D eigenvalue weighted by atomic mass is 19.3. The first-order valence-electron chi connectivity index (χ1n) is 7.90. The maximum Gasteiger partial charge on any atom is 0.586 e. The topological polar surface area (TPSA) is 83.1 Å². The van der Waals surface area contributed by atoms with Crippen LogP contribution in [0.5, 0.6) is 17.2 Å². The molecule has 2 aromatic carbocycles. The molecule has 0 spiro atoms. The maximum absolute atomic E-state index is 13.0. The van der Waals surface area contributed by atoms with Gasteiger partial charge in [-0.05, 0) is 31.2 Å². The largest absolute Gasteiger partial charge is 0.586 e. The Kier molecular flexibility index (Phi) is 5.11. The van der Waals surface area contributed by atoms with E-state index in [1.165, 1.54) is 25.1 Å². The Morgan fingerprint density at radius 1 is 1.11 bits per heavy atom. The van der Waals surface area contributed by atoms with Crippen LogP contribution in [-0.2, 0) is 14.3 Å². The van der Waals surface area contributed by atoms with Crippen LogP contribution in [0.2, 0.25) is 0 Å². The first-order valence-corrected chi connectivity index (χ1v) is 7.90. The second kappa shape index (κ2) is 7.48. The van der Waals surface area contributed by atoms with Gasteiger partial charge in [-0.3, -0.25) is 4.79 Å². The van der Waals surface area contributed by atoms with Crippen LogP contribution in [0.15, 0.2) is 48.5 Å². The van der Waals surface area contributed by atoms with Crippen LogP contribution in [-0.4, -0.2) is 30.9 Å². The van der Waals surface area contributed by atoms with E-state index in [-0.39, 0.29) is 17.2 Å². The van der Waals surface area contributed by atoms with Gasteiger partial charge in [0.1, 0.15) is 5.75 Å². The van der Waals surface area contributed by atoms with Gasteiger partial charge in [-0.2, -0.15) is 0 Å². The number of ether oxygens (including phenoxy) is 4. The molecule has 1 aliphatic rings. The lowest BCUT2D eigenvalue weighted by atomic mass is 10.3. The fourth-order valence-electron chi connectivity index (χ4n) is 2.23. The van der Waals surface area contributed by atoms with Crippen molar-refractivity contribution in [2.24, 2.45) is 0 Å². The number of carbonyl (C=O) groups excluding carboxylic acids is 2. The molecule has 0 radical (unpaired) electrons. The van der Waals surface area contributed by atoms with Gasteiger partial charge in [-0.25, -0.2) is 4.79 Å². The average molecular weight is 379 g/mol. The number of hydrogen-bond acceptors (Lipinski definition) is 6. The molecule has 0 fully saturated rings. The molecule has 0 aromatic heterocycles. The van der Waals surface area contributed by atoms with Gasteiger partial charge in [0.15, 0.2) is 24.2 Å². The normalized spacial score (nSPS) is 14.9. The number of rotatable bonds is 6. The predicted octanol–water partition coefficient (Wildman–Crippen LogP) is 2.96. The average Bonchev–Trinajstić information content (AvgIpc) is 2.93. The zero-order chi connectivity index (χ0) is 19.4. The van der Waals surface area contributed by atoms with Gasteiger partial charge in [0.25, 0.3) is 5.91 Å². The summed E-state index contributed by atoms with van der Waals surface area (Å²) in [5.74, 6) is -1.24. The summed E-state index contributed by atoms with van der Waals surface area (Å²) in [6, 6.07) is 12.4. The van der Waals surface area contributed by atoms with E-state index < -0.39 is 30.9 Å². The quantitative estimate of drug-likeness (QED) is 0.777. The number of para-hydroxylation sites is 1. The number of alkyl halides is 2. The molecule has 1 atom stereocenters. The van der Waals surface area contributed by atoms with Crippen LogP contribution in [0.4, 0.5) is 14.5 Å². The summed E-state index contributed by atoms with van der Waals surface area (Å²) < 4.78 is 44.8. The highest BCUT2D eigenvalue weighted by Crippen LogP contribution is 2.42. The second-order valence-electron chi connectivity index (χ2n) is 5.56. The molecule has 2 aromatic rings. The van der Waals surface area contributed by atoms with E-state index in [4.69, 9.17) is 9.47 Å².